The monoisotopic (exact) mass is 447 g/mol. The molecular weight excluding hydrogens is 422 g/mol. The maximum Gasteiger partial charge on any atom is 0.335 e. The summed E-state index contributed by atoms with van der Waals surface area (Å²) in [6, 6.07) is 8.60. The van der Waals surface area contributed by atoms with Gasteiger partial charge in [-0.25, -0.2) is 4.79 Å². The predicted octanol–water partition coefficient (Wildman–Crippen LogP) is 3.61. The van der Waals surface area contributed by atoms with E-state index in [2.05, 4.69) is 28.3 Å². The third-order valence-electron chi connectivity index (χ3n) is 7.82. The van der Waals surface area contributed by atoms with E-state index in [9.17, 15) is 9.90 Å². The van der Waals surface area contributed by atoms with Crippen molar-refractivity contribution >= 4 is 17.3 Å². The maximum absolute atomic E-state index is 11.1. The summed E-state index contributed by atoms with van der Waals surface area (Å²) in [6.07, 6.45) is 4.82. The lowest BCUT2D eigenvalue weighted by atomic mass is 9.53. The highest BCUT2D eigenvalue weighted by atomic mass is 16.5. The van der Waals surface area contributed by atoms with Crippen LogP contribution in [0, 0.1) is 5.92 Å². The molecule has 2 heterocycles. The second kappa shape index (κ2) is 7.13. The zero-order chi connectivity index (χ0) is 22.9. The number of likely N-dealkylation sites (tertiary alicyclic amines) is 1. The van der Waals surface area contributed by atoms with E-state index in [1.165, 1.54) is 17.7 Å². The first kappa shape index (κ1) is 20.4. The molecule has 0 saturated carbocycles. The van der Waals surface area contributed by atoms with E-state index in [0.29, 0.717) is 28.9 Å². The summed E-state index contributed by atoms with van der Waals surface area (Å²) in [7, 11) is 3.76. The quantitative estimate of drug-likeness (QED) is 0.548. The molecule has 2 N–H and O–H groups in total. The van der Waals surface area contributed by atoms with Gasteiger partial charge in [0.15, 0.2) is 11.5 Å². The molecule has 1 fully saturated rings. The van der Waals surface area contributed by atoms with Crippen LogP contribution in [0.2, 0.25) is 0 Å². The van der Waals surface area contributed by atoms with Crippen LogP contribution < -0.4 is 9.47 Å². The fraction of sp³-hybridized carbons (Fsp3) is 0.400. The summed E-state index contributed by atoms with van der Waals surface area (Å²) in [4.78, 5) is 13.5. The highest BCUT2D eigenvalue weighted by Gasteiger charge is 2.64. The molecule has 1 spiro atoms. The molecule has 2 bridgehead atoms. The Hall–Kier alpha value is -3.23. The third-order valence-corrected chi connectivity index (χ3v) is 7.82. The average Bonchev–Trinajstić information content (AvgIpc) is 3.16. The van der Waals surface area contributed by atoms with Gasteiger partial charge >= 0.3 is 5.97 Å². The molecule has 0 radical (unpaired) electrons. The zero-order valence-corrected chi connectivity index (χ0v) is 18.4. The van der Waals surface area contributed by atoms with Crippen LogP contribution in [-0.2, 0) is 11.8 Å². The number of carboxylic acid groups (broad SMARTS) is 1. The molecule has 2 aliphatic heterocycles. The molecule has 6 rings (SSSR count). The lowest BCUT2D eigenvalue weighted by Crippen LogP contribution is -2.64. The number of hydrogen-bond acceptors (Lipinski definition) is 7. The molecule has 170 valence electrons. The van der Waals surface area contributed by atoms with Crippen LogP contribution in [0.3, 0.4) is 0 Å². The number of benzene rings is 2. The van der Waals surface area contributed by atoms with E-state index in [0.717, 1.165) is 24.9 Å². The molecule has 2 aromatic rings. The molecule has 1 saturated heterocycles. The predicted molar refractivity (Wildman–Crippen MR) is 120 cm³/mol. The van der Waals surface area contributed by atoms with Crippen molar-refractivity contribution in [1.82, 2.24) is 4.90 Å². The first-order valence-electron chi connectivity index (χ1n) is 11.2. The Morgan fingerprint density at radius 3 is 2.76 bits per heavy atom. The molecule has 5 atom stereocenters. The molecule has 0 amide bonds. The molecular formula is C25H25N3O5. The van der Waals surface area contributed by atoms with Crippen LogP contribution in [-0.4, -0.2) is 60.0 Å². The lowest BCUT2D eigenvalue weighted by Gasteiger charge is -2.56. The maximum atomic E-state index is 11.1. The van der Waals surface area contributed by atoms with Gasteiger partial charge in [0.05, 0.1) is 18.4 Å². The Morgan fingerprint density at radius 2 is 2.03 bits per heavy atom. The highest BCUT2D eigenvalue weighted by Crippen LogP contribution is 2.64. The number of methoxy groups -OCH3 is 1. The molecule has 33 heavy (non-hydrogen) atoms. The zero-order valence-electron chi connectivity index (χ0n) is 18.4. The van der Waals surface area contributed by atoms with Crippen molar-refractivity contribution in [3.8, 4) is 11.5 Å². The van der Waals surface area contributed by atoms with E-state index in [1.807, 2.05) is 12.1 Å². The minimum absolute atomic E-state index is 0.195. The van der Waals surface area contributed by atoms with Crippen LogP contribution in [0.25, 0.3) is 0 Å². The largest absolute Gasteiger partial charge is 0.491 e. The summed E-state index contributed by atoms with van der Waals surface area (Å²) in [5, 5.41) is 28.7. The smallest absolute Gasteiger partial charge is 0.335 e. The van der Waals surface area contributed by atoms with Gasteiger partial charge < -0.3 is 24.6 Å². The second-order valence-electron chi connectivity index (χ2n) is 9.33. The fourth-order valence-corrected chi connectivity index (χ4v) is 6.34. The van der Waals surface area contributed by atoms with E-state index < -0.39 is 12.1 Å². The van der Waals surface area contributed by atoms with Gasteiger partial charge in [0.25, 0.3) is 0 Å². The van der Waals surface area contributed by atoms with Crippen LogP contribution >= 0.6 is 0 Å². The molecule has 8 nitrogen and oxygen atoms in total. The Morgan fingerprint density at radius 1 is 1.24 bits per heavy atom. The van der Waals surface area contributed by atoms with E-state index in [-0.39, 0.29) is 23.0 Å². The first-order valence-corrected chi connectivity index (χ1v) is 11.2. The van der Waals surface area contributed by atoms with Crippen molar-refractivity contribution in [2.45, 2.75) is 36.5 Å². The number of likely N-dealkylation sites (N-methyl/N-ethyl adjacent to an activating group) is 1. The number of rotatable bonds is 4. The molecule has 0 unspecified atom stereocenters. The van der Waals surface area contributed by atoms with Gasteiger partial charge in [-0.1, -0.05) is 12.2 Å². The Kier molecular flexibility index (Phi) is 4.41. The van der Waals surface area contributed by atoms with Crippen LogP contribution in [0.1, 0.15) is 27.9 Å². The fourth-order valence-electron chi connectivity index (χ4n) is 6.34. The molecule has 0 aromatic heterocycles. The Balaban J connectivity index is 1.47. The van der Waals surface area contributed by atoms with Crippen molar-refractivity contribution in [2.75, 3.05) is 20.7 Å². The number of nitrogens with zero attached hydrogens (tertiary/aromatic N) is 3. The lowest BCUT2D eigenvalue weighted by molar-refractivity contribution is -0.0453. The second-order valence-corrected chi connectivity index (χ2v) is 9.33. The van der Waals surface area contributed by atoms with Gasteiger partial charge in [-0.15, -0.1) is 5.11 Å². The van der Waals surface area contributed by atoms with Crippen LogP contribution in [0.5, 0.6) is 11.5 Å². The summed E-state index contributed by atoms with van der Waals surface area (Å²) in [6.45, 7) is 0.955. The Labute approximate surface area is 191 Å². The third kappa shape index (κ3) is 2.74. The topological polar surface area (TPSA) is 104 Å². The van der Waals surface area contributed by atoms with E-state index in [4.69, 9.17) is 14.6 Å². The van der Waals surface area contributed by atoms with Gasteiger partial charge in [-0.05, 0) is 62.3 Å². The minimum atomic E-state index is -0.985. The number of piperidine rings is 1. The van der Waals surface area contributed by atoms with Gasteiger partial charge in [0, 0.05) is 22.9 Å². The normalized spacial score (nSPS) is 31.4. The molecule has 2 aliphatic carbocycles. The minimum Gasteiger partial charge on any atom is -0.491 e. The van der Waals surface area contributed by atoms with Crippen molar-refractivity contribution in [1.29, 1.82) is 0 Å². The summed E-state index contributed by atoms with van der Waals surface area (Å²) in [5.41, 5.74) is 3.36. The van der Waals surface area contributed by atoms with Crippen molar-refractivity contribution < 1.29 is 24.5 Å². The number of carbonyl (C=O) groups is 1. The van der Waals surface area contributed by atoms with Gasteiger partial charge in [0.1, 0.15) is 17.9 Å². The number of ether oxygens (including phenoxy) is 2. The molecule has 8 heteroatoms. The SMILES string of the molecule is COc1c(N=Nc2ccc(C(=O)O)cc2)cc2c3c1O[C@H]1[C@@H](O)C=C[C@H]4[C@@H](C2)N(C)CC[C@@]341. The van der Waals surface area contributed by atoms with Crippen molar-refractivity contribution in [3.63, 3.8) is 0 Å². The Bertz CT molecular complexity index is 1210. The first-order chi connectivity index (χ1) is 15.9. The number of carboxylic acids is 1. The molecule has 4 aliphatic rings. The highest BCUT2D eigenvalue weighted by molar-refractivity contribution is 5.87. The van der Waals surface area contributed by atoms with Crippen molar-refractivity contribution in [3.05, 3.63) is 59.2 Å². The average molecular weight is 447 g/mol. The summed E-state index contributed by atoms with van der Waals surface area (Å²) in [5.74, 6) is 0.488. The summed E-state index contributed by atoms with van der Waals surface area (Å²) >= 11 is 0. The van der Waals surface area contributed by atoms with E-state index in [1.54, 1.807) is 19.2 Å². The number of aliphatic hydroxyl groups is 1. The van der Waals surface area contributed by atoms with Crippen LogP contribution in [0.15, 0.2) is 52.7 Å². The van der Waals surface area contributed by atoms with Gasteiger partial charge in [-0.2, -0.15) is 5.11 Å². The number of azo groups is 1. The van der Waals surface area contributed by atoms with E-state index >= 15 is 0 Å². The number of aliphatic hydroxyl groups excluding tert-OH is 1. The standard InChI is InChI=1S/C25H25N3O5/c1-28-10-9-25-16-7-8-19(29)23(25)33-22-20(25)14(12-18(16)28)11-17(21(22)32-2)27-26-15-5-3-13(4-6-15)24(30)31/h3-8,11,16,18-19,23,29H,9-10,12H2,1-2H3,(H,30,31)/t16-,18+,19-,23-,25-/m0/s1. The number of aromatic carboxylic acids is 1. The molecule has 2 aromatic carbocycles. The summed E-state index contributed by atoms with van der Waals surface area (Å²) < 4.78 is 12.2. The van der Waals surface area contributed by atoms with Crippen LogP contribution in [0.4, 0.5) is 11.4 Å². The van der Waals surface area contributed by atoms with Gasteiger partial charge in [-0.3, -0.25) is 0 Å². The number of hydrogen-bond donors (Lipinski definition) is 2. The van der Waals surface area contributed by atoms with Gasteiger partial charge in [0.2, 0.25) is 0 Å². The van der Waals surface area contributed by atoms with Crippen molar-refractivity contribution in [2.24, 2.45) is 16.1 Å².